The van der Waals surface area contributed by atoms with Gasteiger partial charge in [-0.3, -0.25) is 4.79 Å². The van der Waals surface area contributed by atoms with E-state index in [0.717, 1.165) is 28.1 Å². The Morgan fingerprint density at radius 3 is 2.32 bits per heavy atom. The summed E-state index contributed by atoms with van der Waals surface area (Å²) in [5.41, 5.74) is 3.76. The van der Waals surface area contributed by atoms with Crippen molar-refractivity contribution < 1.29 is 14.3 Å². The zero-order valence-electron chi connectivity index (χ0n) is 12.2. The summed E-state index contributed by atoms with van der Waals surface area (Å²) < 4.78 is 5.34. The third kappa shape index (κ3) is 3.81. The van der Waals surface area contributed by atoms with E-state index in [-0.39, 0.29) is 24.5 Å². The number of hydrogen-bond acceptors (Lipinski definition) is 3. The summed E-state index contributed by atoms with van der Waals surface area (Å²) in [6, 6.07) is 1.90. The first-order valence-corrected chi connectivity index (χ1v) is 6.31. The first-order valence-electron chi connectivity index (χ1n) is 6.31. The zero-order valence-corrected chi connectivity index (χ0v) is 12.2. The van der Waals surface area contributed by atoms with E-state index in [9.17, 15) is 9.59 Å². The highest BCUT2D eigenvalue weighted by molar-refractivity contribution is 5.94. The highest BCUT2D eigenvalue weighted by atomic mass is 16.5. The number of Topliss-reactive ketones (excluding diaryl/α,β-unsaturated/α-hetero) is 1. The van der Waals surface area contributed by atoms with E-state index in [2.05, 4.69) is 5.32 Å². The van der Waals surface area contributed by atoms with Crippen molar-refractivity contribution in [2.45, 2.75) is 40.5 Å². The van der Waals surface area contributed by atoms with Crippen LogP contribution in [0.5, 0.6) is 5.75 Å². The average Bonchev–Trinajstić information content (AvgIpc) is 2.34. The molecule has 0 atom stereocenters. The molecule has 19 heavy (non-hydrogen) atoms. The molecule has 0 radical (unpaired) electrons. The highest BCUT2D eigenvalue weighted by Crippen LogP contribution is 2.31. The van der Waals surface area contributed by atoms with Crippen LogP contribution in [-0.2, 0) is 9.59 Å². The van der Waals surface area contributed by atoms with Gasteiger partial charge in [0, 0.05) is 18.5 Å². The van der Waals surface area contributed by atoms with Crippen LogP contribution < -0.4 is 10.1 Å². The van der Waals surface area contributed by atoms with Gasteiger partial charge in [-0.15, -0.1) is 0 Å². The maximum absolute atomic E-state index is 11.8. The van der Waals surface area contributed by atoms with E-state index in [0.29, 0.717) is 0 Å². The molecule has 1 amide bonds. The third-order valence-electron chi connectivity index (χ3n) is 3.21. The topological polar surface area (TPSA) is 55.4 Å². The molecule has 0 aliphatic carbocycles. The van der Waals surface area contributed by atoms with Gasteiger partial charge in [-0.2, -0.15) is 0 Å². The largest absolute Gasteiger partial charge is 0.496 e. The predicted molar refractivity (Wildman–Crippen MR) is 75.7 cm³/mol. The van der Waals surface area contributed by atoms with Gasteiger partial charge in [0.15, 0.2) is 0 Å². The summed E-state index contributed by atoms with van der Waals surface area (Å²) >= 11 is 0. The monoisotopic (exact) mass is 263 g/mol. The van der Waals surface area contributed by atoms with E-state index < -0.39 is 0 Å². The Kier molecular flexibility index (Phi) is 5.10. The average molecular weight is 263 g/mol. The number of ether oxygens (including phenoxy) is 1. The third-order valence-corrected chi connectivity index (χ3v) is 3.21. The first-order chi connectivity index (χ1) is 8.86. The summed E-state index contributed by atoms with van der Waals surface area (Å²) in [6.07, 6.45) is 0.498. The van der Waals surface area contributed by atoms with E-state index in [1.54, 1.807) is 7.11 Å². The standard InChI is InChI=1S/C15H21NO3/c1-9-8-13(11(3)12(4)15(9)19-5)16-14(18)7-6-10(2)17/h8H,6-7H2,1-5H3,(H,16,18). The van der Waals surface area contributed by atoms with Gasteiger partial charge < -0.3 is 14.8 Å². The van der Waals surface area contributed by atoms with Crippen molar-refractivity contribution in [3.8, 4) is 5.75 Å². The lowest BCUT2D eigenvalue weighted by Gasteiger charge is -2.16. The predicted octanol–water partition coefficient (Wildman–Crippen LogP) is 2.93. The molecule has 0 unspecified atom stereocenters. The number of aryl methyl sites for hydroxylation is 1. The lowest BCUT2D eigenvalue weighted by atomic mass is 10.0. The maximum Gasteiger partial charge on any atom is 0.224 e. The second-order valence-electron chi connectivity index (χ2n) is 4.77. The van der Waals surface area contributed by atoms with Crippen LogP contribution >= 0.6 is 0 Å². The van der Waals surface area contributed by atoms with Crippen molar-refractivity contribution >= 4 is 17.4 Å². The Labute approximate surface area is 114 Å². The van der Waals surface area contributed by atoms with Crippen LogP contribution in [0, 0.1) is 20.8 Å². The molecule has 4 heteroatoms. The minimum absolute atomic E-state index is 0.0222. The molecule has 1 aromatic carbocycles. The fourth-order valence-electron chi connectivity index (χ4n) is 2.00. The SMILES string of the molecule is COc1c(C)cc(NC(=O)CCC(C)=O)c(C)c1C. The number of ketones is 1. The highest BCUT2D eigenvalue weighted by Gasteiger charge is 2.12. The Balaban J connectivity index is 2.90. The molecule has 0 fully saturated rings. The van der Waals surface area contributed by atoms with E-state index in [4.69, 9.17) is 4.74 Å². The molecule has 0 spiro atoms. The van der Waals surface area contributed by atoms with Crippen molar-refractivity contribution in [2.24, 2.45) is 0 Å². The molecule has 104 valence electrons. The molecule has 0 aliphatic heterocycles. The zero-order chi connectivity index (χ0) is 14.6. The summed E-state index contributed by atoms with van der Waals surface area (Å²) in [5.74, 6) is 0.732. The Morgan fingerprint density at radius 1 is 1.16 bits per heavy atom. The molecule has 0 bridgehead atoms. The van der Waals surface area contributed by atoms with Gasteiger partial charge in [0.25, 0.3) is 0 Å². The number of rotatable bonds is 5. The van der Waals surface area contributed by atoms with Crippen molar-refractivity contribution in [3.05, 3.63) is 22.8 Å². The van der Waals surface area contributed by atoms with Gasteiger partial charge in [0.2, 0.25) is 5.91 Å². The number of carbonyl (C=O) groups excluding carboxylic acids is 2. The number of hydrogen-bond donors (Lipinski definition) is 1. The smallest absolute Gasteiger partial charge is 0.224 e. The second kappa shape index (κ2) is 6.36. The lowest BCUT2D eigenvalue weighted by molar-refractivity contribution is -0.121. The Morgan fingerprint density at radius 2 is 1.79 bits per heavy atom. The van der Waals surface area contributed by atoms with Crippen LogP contribution in [0.3, 0.4) is 0 Å². The van der Waals surface area contributed by atoms with Crippen LogP contribution in [0.15, 0.2) is 6.07 Å². The van der Waals surface area contributed by atoms with E-state index >= 15 is 0 Å². The number of anilines is 1. The number of amides is 1. The molecule has 4 nitrogen and oxygen atoms in total. The molecule has 0 heterocycles. The fourth-order valence-corrected chi connectivity index (χ4v) is 2.00. The van der Waals surface area contributed by atoms with Gasteiger partial charge in [-0.05, 0) is 50.5 Å². The summed E-state index contributed by atoms with van der Waals surface area (Å²) in [7, 11) is 1.64. The second-order valence-corrected chi connectivity index (χ2v) is 4.77. The minimum Gasteiger partial charge on any atom is -0.496 e. The molecule has 0 aliphatic rings. The van der Waals surface area contributed by atoms with Crippen LogP contribution in [0.4, 0.5) is 5.69 Å². The quantitative estimate of drug-likeness (QED) is 0.888. The lowest BCUT2D eigenvalue weighted by Crippen LogP contribution is -2.14. The van der Waals surface area contributed by atoms with E-state index in [1.807, 2.05) is 26.8 Å². The number of benzene rings is 1. The summed E-state index contributed by atoms with van der Waals surface area (Å²) in [4.78, 5) is 22.6. The molecule has 1 aromatic rings. The maximum atomic E-state index is 11.8. The molecule has 0 saturated heterocycles. The van der Waals surface area contributed by atoms with Gasteiger partial charge in [0.1, 0.15) is 11.5 Å². The molecule has 1 rings (SSSR count). The van der Waals surface area contributed by atoms with Crippen molar-refractivity contribution in [1.82, 2.24) is 0 Å². The summed E-state index contributed by atoms with van der Waals surface area (Å²) in [5, 5.41) is 2.85. The van der Waals surface area contributed by atoms with Gasteiger partial charge in [-0.25, -0.2) is 0 Å². The van der Waals surface area contributed by atoms with Crippen LogP contribution in [0.2, 0.25) is 0 Å². The van der Waals surface area contributed by atoms with Crippen molar-refractivity contribution in [3.63, 3.8) is 0 Å². The molecular weight excluding hydrogens is 242 g/mol. The Bertz CT molecular complexity index is 507. The molecule has 0 saturated carbocycles. The number of carbonyl (C=O) groups is 2. The van der Waals surface area contributed by atoms with E-state index in [1.165, 1.54) is 6.92 Å². The van der Waals surface area contributed by atoms with Gasteiger partial charge >= 0.3 is 0 Å². The fraction of sp³-hybridized carbons (Fsp3) is 0.467. The van der Waals surface area contributed by atoms with Crippen molar-refractivity contribution in [1.29, 1.82) is 0 Å². The molecule has 1 N–H and O–H groups in total. The molecular formula is C15H21NO3. The van der Waals surface area contributed by atoms with Gasteiger partial charge in [-0.1, -0.05) is 0 Å². The number of methoxy groups -OCH3 is 1. The molecule has 0 aromatic heterocycles. The van der Waals surface area contributed by atoms with Crippen LogP contribution in [0.25, 0.3) is 0 Å². The normalized spacial score (nSPS) is 10.2. The number of nitrogens with one attached hydrogen (secondary N) is 1. The van der Waals surface area contributed by atoms with Gasteiger partial charge in [0.05, 0.1) is 7.11 Å². The van der Waals surface area contributed by atoms with Crippen LogP contribution in [-0.4, -0.2) is 18.8 Å². The summed E-state index contributed by atoms with van der Waals surface area (Å²) in [6.45, 7) is 7.33. The first kappa shape index (κ1) is 15.2. The minimum atomic E-state index is -0.137. The Hall–Kier alpha value is -1.84. The van der Waals surface area contributed by atoms with Crippen LogP contribution in [0.1, 0.15) is 36.5 Å². The van der Waals surface area contributed by atoms with Crippen molar-refractivity contribution in [2.75, 3.05) is 12.4 Å².